The highest BCUT2D eigenvalue weighted by Crippen LogP contribution is 2.41. The summed E-state index contributed by atoms with van der Waals surface area (Å²) in [5, 5.41) is 3.59. The number of carbonyl (C=O) groups is 2. The fourth-order valence-corrected chi connectivity index (χ4v) is 2.83. The van der Waals surface area contributed by atoms with Crippen LogP contribution in [0.1, 0.15) is 36.3 Å². The third kappa shape index (κ3) is 3.28. The first-order chi connectivity index (χ1) is 12.4. The number of aromatic nitrogens is 1. The summed E-state index contributed by atoms with van der Waals surface area (Å²) in [7, 11) is 1.46. The smallest absolute Gasteiger partial charge is 0.224 e. The standard InChI is InChI=1S/C19H20N4O3/c1-10(2)6-16(25)22-14-8-12(20)18-17-11(9-21-18)7-13(23-19(14)17)15(24)4-5-26-3/h4-5,7-10H,6,20H2,1-3H3,(H,22,25). The van der Waals surface area contributed by atoms with Gasteiger partial charge in [-0.05, 0) is 18.1 Å². The Morgan fingerprint density at radius 1 is 1.35 bits per heavy atom. The van der Waals surface area contributed by atoms with E-state index in [0.29, 0.717) is 29.0 Å². The van der Waals surface area contributed by atoms with Gasteiger partial charge >= 0.3 is 0 Å². The number of amides is 1. The topological polar surface area (TPSA) is 107 Å². The van der Waals surface area contributed by atoms with Crippen LogP contribution in [0.3, 0.4) is 0 Å². The van der Waals surface area contributed by atoms with Gasteiger partial charge in [0.05, 0.1) is 36.0 Å². The molecule has 0 fully saturated rings. The maximum absolute atomic E-state index is 12.3. The van der Waals surface area contributed by atoms with Crippen LogP contribution in [0.25, 0.3) is 10.9 Å². The lowest BCUT2D eigenvalue weighted by Gasteiger charge is -2.13. The molecular formula is C19H20N4O3. The fourth-order valence-electron chi connectivity index (χ4n) is 2.83. The molecule has 3 rings (SSSR count). The summed E-state index contributed by atoms with van der Waals surface area (Å²) in [6.45, 7) is 3.93. The zero-order valence-corrected chi connectivity index (χ0v) is 14.9. The summed E-state index contributed by atoms with van der Waals surface area (Å²) in [6, 6.07) is 3.29. The second kappa shape index (κ2) is 6.95. The lowest BCUT2D eigenvalue weighted by atomic mass is 10.0. The molecule has 2 heterocycles. The van der Waals surface area contributed by atoms with Crippen molar-refractivity contribution in [2.75, 3.05) is 18.2 Å². The quantitative estimate of drug-likeness (QED) is 0.307. The van der Waals surface area contributed by atoms with E-state index in [4.69, 9.17) is 10.5 Å². The Balaban J connectivity index is 2.12. The minimum atomic E-state index is -0.303. The second-order valence-electron chi connectivity index (χ2n) is 6.49. The van der Waals surface area contributed by atoms with Crippen LogP contribution >= 0.6 is 0 Å². The summed E-state index contributed by atoms with van der Waals surface area (Å²) in [4.78, 5) is 33.3. The number of hydrogen-bond donors (Lipinski definition) is 2. The first kappa shape index (κ1) is 17.6. The van der Waals surface area contributed by atoms with E-state index >= 15 is 0 Å². The number of hydrogen-bond acceptors (Lipinski definition) is 6. The van der Waals surface area contributed by atoms with Gasteiger partial charge < -0.3 is 15.8 Å². The second-order valence-corrected chi connectivity index (χ2v) is 6.49. The number of methoxy groups -OCH3 is 1. The van der Waals surface area contributed by atoms with E-state index in [9.17, 15) is 9.59 Å². The fraction of sp³-hybridized carbons (Fsp3) is 0.263. The molecule has 3 N–H and O–H groups in total. The molecule has 0 unspecified atom stereocenters. The average Bonchev–Trinajstić information content (AvgIpc) is 3.01. The van der Waals surface area contributed by atoms with Crippen LogP contribution in [0, 0.1) is 5.92 Å². The number of benzene rings is 1. The molecule has 1 aliphatic rings. The summed E-state index contributed by atoms with van der Waals surface area (Å²) in [5.41, 5.74) is 9.10. The van der Waals surface area contributed by atoms with Crippen molar-refractivity contribution in [3.8, 4) is 0 Å². The van der Waals surface area contributed by atoms with Crippen molar-refractivity contribution in [1.29, 1.82) is 0 Å². The van der Waals surface area contributed by atoms with Crippen LogP contribution in [-0.2, 0) is 9.53 Å². The first-order valence-electron chi connectivity index (χ1n) is 8.25. The molecule has 1 aromatic carbocycles. The molecule has 0 saturated carbocycles. The number of allylic oxidation sites excluding steroid dienone is 1. The van der Waals surface area contributed by atoms with Crippen molar-refractivity contribution < 1.29 is 14.3 Å². The first-order valence-corrected chi connectivity index (χ1v) is 8.25. The summed E-state index contributed by atoms with van der Waals surface area (Å²) in [6.07, 6.45) is 4.61. The zero-order valence-electron chi connectivity index (χ0n) is 14.9. The average molecular weight is 352 g/mol. The van der Waals surface area contributed by atoms with E-state index in [1.54, 1.807) is 18.3 Å². The largest absolute Gasteiger partial charge is 0.504 e. The SMILES string of the molecule is COC=CC(=O)c1cc2c3c(c(N)cc(NC(=O)CC(C)C)c3n1)N=C2. The van der Waals surface area contributed by atoms with E-state index in [1.807, 2.05) is 13.8 Å². The lowest BCUT2D eigenvalue weighted by Crippen LogP contribution is -2.15. The third-order valence-corrected chi connectivity index (χ3v) is 3.92. The molecule has 0 aliphatic carbocycles. The van der Waals surface area contributed by atoms with E-state index in [1.165, 1.54) is 19.4 Å². The van der Waals surface area contributed by atoms with E-state index in [2.05, 4.69) is 15.3 Å². The number of nitrogen functional groups attached to an aromatic ring is 1. The van der Waals surface area contributed by atoms with Gasteiger partial charge in [0.1, 0.15) is 5.69 Å². The van der Waals surface area contributed by atoms with Gasteiger partial charge in [0.25, 0.3) is 0 Å². The van der Waals surface area contributed by atoms with Gasteiger partial charge in [-0.25, -0.2) is 4.98 Å². The van der Waals surface area contributed by atoms with Crippen LogP contribution < -0.4 is 11.1 Å². The van der Waals surface area contributed by atoms with Crippen molar-refractivity contribution in [1.82, 2.24) is 4.98 Å². The molecule has 1 aliphatic heterocycles. The van der Waals surface area contributed by atoms with Crippen molar-refractivity contribution in [2.24, 2.45) is 10.9 Å². The number of nitrogens with one attached hydrogen (secondary N) is 1. The highest BCUT2D eigenvalue weighted by atomic mass is 16.5. The number of nitrogens with two attached hydrogens (primary N) is 1. The van der Waals surface area contributed by atoms with Crippen LogP contribution in [0.15, 0.2) is 29.5 Å². The normalized spacial score (nSPS) is 12.3. The Bertz CT molecular complexity index is 961. The Morgan fingerprint density at radius 2 is 2.12 bits per heavy atom. The Morgan fingerprint density at radius 3 is 2.81 bits per heavy atom. The van der Waals surface area contributed by atoms with Crippen molar-refractivity contribution in [3.63, 3.8) is 0 Å². The predicted octanol–water partition coefficient (Wildman–Crippen LogP) is 3.21. The predicted molar refractivity (Wildman–Crippen MR) is 102 cm³/mol. The summed E-state index contributed by atoms with van der Waals surface area (Å²) in [5.74, 6) is -0.215. The number of ketones is 1. The van der Waals surface area contributed by atoms with Gasteiger partial charge in [-0.1, -0.05) is 13.8 Å². The van der Waals surface area contributed by atoms with Crippen molar-refractivity contribution in [2.45, 2.75) is 20.3 Å². The Kier molecular flexibility index (Phi) is 4.71. The maximum Gasteiger partial charge on any atom is 0.224 e. The van der Waals surface area contributed by atoms with E-state index in [-0.39, 0.29) is 23.3 Å². The Hall–Kier alpha value is -3.22. The molecule has 2 aromatic rings. The van der Waals surface area contributed by atoms with Crippen LogP contribution in [-0.4, -0.2) is 30.0 Å². The number of pyridine rings is 1. The number of ether oxygens (including phenoxy) is 1. The zero-order chi connectivity index (χ0) is 18.8. The van der Waals surface area contributed by atoms with Gasteiger partial charge in [-0.2, -0.15) is 0 Å². The Labute approximate surface area is 151 Å². The molecule has 134 valence electrons. The molecule has 0 atom stereocenters. The van der Waals surface area contributed by atoms with Crippen LogP contribution in [0.5, 0.6) is 0 Å². The molecule has 0 saturated heterocycles. The molecule has 7 nitrogen and oxygen atoms in total. The van der Waals surface area contributed by atoms with E-state index < -0.39 is 0 Å². The van der Waals surface area contributed by atoms with Crippen LogP contribution in [0.2, 0.25) is 0 Å². The van der Waals surface area contributed by atoms with Gasteiger partial charge in [-0.3, -0.25) is 14.6 Å². The van der Waals surface area contributed by atoms with Gasteiger partial charge in [-0.15, -0.1) is 0 Å². The monoisotopic (exact) mass is 352 g/mol. The molecular weight excluding hydrogens is 332 g/mol. The highest BCUT2D eigenvalue weighted by molar-refractivity contribution is 6.19. The minimum Gasteiger partial charge on any atom is -0.504 e. The number of anilines is 2. The van der Waals surface area contributed by atoms with Crippen molar-refractivity contribution >= 4 is 45.9 Å². The summed E-state index contributed by atoms with van der Waals surface area (Å²) < 4.78 is 4.79. The number of carbonyl (C=O) groups excluding carboxylic acids is 2. The minimum absolute atomic E-state index is 0.132. The van der Waals surface area contributed by atoms with Gasteiger partial charge in [0.2, 0.25) is 11.7 Å². The third-order valence-electron chi connectivity index (χ3n) is 3.92. The number of rotatable bonds is 6. The molecule has 1 amide bonds. The van der Waals surface area contributed by atoms with Crippen molar-refractivity contribution in [3.05, 3.63) is 35.7 Å². The molecule has 0 radical (unpaired) electrons. The number of nitrogens with zero attached hydrogens (tertiary/aromatic N) is 2. The molecule has 1 aromatic heterocycles. The summed E-state index contributed by atoms with van der Waals surface area (Å²) >= 11 is 0. The molecule has 7 heteroatoms. The van der Waals surface area contributed by atoms with Gasteiger partial charge in [0.15, 0.2) is 0 Å². The molecule has 26 heavy (non-hydrogen) atoms. The van der Waals surface area contributed by atoms with E-state index in [0.717, 1.165) is 10.9 Å². The number of aliphatic imine (C=N–C) groups is 1. The molecule has 0 spiro atoms. The highest BCUT2D eigenvalue weighted by Gasteiger charge is 2.21. The lowest BCUT2D eigenvalue weighted by molar-refractivity contribution is -0.116. The molecule has 0 bridgehead atoms. The maximum atomic E-state index is 12.3. The van der Waals surface area contributed by atoms with Crippen LogP contribution in [0.4, 0.5) is 17.1 Å². The van der Waals surface area contributed by atoms with Gasteiger partial charge in [0, 0.05) is 29.7 Å².